The molecule has 0 unspecified atom stereocenters. The molecule has 0 spiro atoms. The third-order valence-corrected chi connectivity index (χ3v) is 17.1. The number of aliphatic hydroxyl groups is 1. The molecule has 1 N–H and O–H groups in total. The number of aromatic nitrogens is 6. The number of carbonyl (C=O) groups is 1. The van der Waals surface area contributed by atoms with Gasteiger partial charge in [-0.3, -0.25) is 19.6 Å². The molecule has 0 radical (unpaired) electrons. The van der Waals surface area contributed by atoms with Gasteiger partial charge in [0.15, 0.2) is 23.3 Å². The predicted octanol–water partition coefficient (Wildman–Crippen LogP) is 3.83. The first-order valence-electron chi connectivity index (χ1n) is 23.9. The Labute approximate surface area is 415 Å². The molecular weight excluding hydrogens is 951 g/mol. The maximum atomic E-state index is 12.1. The Morgan fingerprint density at radius 2 is 1.40 bits per heavy atom. The van der Waals surface area contributed by atoms with Crippen molar-refractivity contribution in [1.29, 1.82) is 0 Å². The third-order valence-electron chi connectivity index (χ3n) is 13.4. The van der Waals surface area contributed by atoms with Crippen LogP contribution >= 0.6 is 22.7 Å². The Bertz CT molecular complexity index is 2990. The van der Waals surface area contributed by atoms with Crippen LogP contribution < -0.4 is 9.80 Å². The smallest absolute Gasteiger partial charge is 0.251 e. The van der Waals surface area contributed by atoms with Gasteiger partial charge in [-0.25, -0.2) is 38.3 Å². The summed E-state index contributed by atoms with van der Waals surface area (Å²) in [7, 11) is -3.13. The molecule has 0 bridgehead atoms. The number of aryl methyl sites for hydroxylation is 2. The highest BCUT2D eigenvalue weighted by Gasteiger charge is 2.29. The molecule has 22 heteroatoms. The number of aliphatic hydroxyl groups excluding tert-OH is 1. The molecule has 70 heavy (non-hydrogen) atoms. The molecule has 6 aromatic rings. The number of hydrogen-bond acceptors (Lipinski definition) is 19. The number of rotatable bonds is 10. The lowest BCUT2D eigenvalue weighted by atomic mass is 10.0. The van der Waals surface area contributed by atoms with Gasteiger partial charge in [0, 0.05) is 131 Å². The Hall–Kier alpha value is -5.17. The molecule has 370 valence electrons. The standard InChI is InChI=1S/C24H31N7O3S.C24H28N6O3S2/c1-15-19(14-29-4-6-31(7-5-29)24(33)16(2)32)35-21-20(15)27-22(18-12-25-17(3)26-13-18)28-23(21)30-8-10-34-11-9-30;1-35(31,32)30-7-5-28(6-8-30)16-18-13-21-22(34-18)24(29-9-11-33-12-10-29)27-23(26-21)19-4-2-3-17-14-25-15-20(17)19/h12-13,16,32H,4-11,14H2,1-3H3;2-4,13,15H,5-12,14,16H2,1H3/t16-;/m0./s1. The number of nitrogens with zero attached hydrogens (tertiary/aromatic N) is 13. The van der Waals surface area contributed by atoms with E-state index in [-0.39, 0.29) is 5.91 Å². The first-order chi connectivity index (χ1) is 33.9. The van der Waals surface area contributed by atoms with E-state index in [4.69, 9.17) is 29.4 Å². The van der Waals surface area contributed by atoms with Crippen molar-refractivity contribution < 1.29 is 27.8 Å². The van der Waals surface area contributed by atoms with Gasteiger partial charge in [0.05, 0.1) is 65.2 Å². The molecular formula is C48H59N13O6S3. The molecule has 5 aliphatic heterocycles. The zero-order chi connectivity index (χ0) is 48.5. The highest BCUT2D eigenvalue weighted by molar-refractivity contribution is 7.88. The average molecular weight is 1010 g/mol. The molecule has 0 saturated carbocycles. The summed E-state index contributed by atoms with van der Waals surface area (Å²) in [6, 6.07) is 8.42. The van der Waals surface area contributed by atoms with Crippen molar-refractivity contribution in [3.05, 3.63) is 68.9 Å². The predicted molar refractivity (Wildman–Crippen MR) is 273 cm³/mol. The molecule has 19 nitrogen and oxygen atoms in total. The normalized spacial score (nSPS) is 18.9. The van der Waals surface area contributed by atoms with Gasteiger partial charge in [-0.15, -0.1) is 22.7 Å². The number of fused-ring (bicyclic) bond motifs is 3. The van der Waals surface area contributed by atoms with E-state index in [2.05, 4.69) is 65.7 Å². The summed E-state index contributed by atoms with van der Waals surface area (Å²) in [6.45, 7) is 19.1. The largest absolute Gasteiger partial charge is 0.384 e. The van der Waals surface area contributed by atoms with Crippen LogP contribution in [0.5, 0.6) is 0 Å². The molecule has 5 aliphatic rings. The van der Waals surface area contributed by atoms with Crippen molar-refractivity contribution in [2.24, 2.45) is 4.99 Å². The van der Waals surface area contributed by atoms with Crippen LogP contribution in [0.3, 0.4) is 0 Å². The van der Waals surface area contributed by atoms with Crippen molar-refractivity contribution in [2.45, 2.75) is 46.5 Å². The number of hydrogen-bond donors (Lipinski definition) is 1. The zero-order valence-electron chi connectivity index (χ0n) is 40.1. The molecule has 1 aromatic carbocycles. The first kappa shape index (κ1) is 48.5. The van der Waals surface area contributed by atoms with Gasteiger partial charge in [0.25, 0.3) is 5.91 Å². The minimum Gasteiger partial charge on any atom is -0.384 e. The summed E-state index contributed by atoms with van der Waals surface area (Å²) in [5.41, 5.74) is 7.23. The Kier molecular flexibility index (Phi) is 14.5. The highest BCUT2D eigenvalue weighted by atomic mass is 32.2. The quantitative estimate of drug-likeness (QED) is 0.208. The molecule has 5 aromatic heterocycles. The van der Waals surface area contributed by atoms with Gasteiger partial charge in [-0.05, 0) is 38.0 Å². The molecule has 1 atom stereocenters. The van der Waals surface area contributed by atoms with Crippen molar-refractivity contribution in [2.75, 3.05) is 121 Å². The number of ether oxygens (including phenoxy) is 2. The third kappa shape index (κ3) is 10.6. The lowest BCUT2D eigenvalue weighted by Gasteiger charge is -2.35. The maximum Gasteiger partial charge on any atom is 0.251 e. The summed E-state index contributed by atoms with van der Waals surface area (Å²) < 4.78 is 38.6. The Morgan fingerprint density at radius 1 is 0.771 bits per heavy atom. The van der Waals surface area contributed by atoms with Crippen LogP contribution in [-0.4, -0.2) is 192 Å². The van der Waals surface area contributed by atoms with E-state index in [1.807, 2.05) is 13.1 Å². The van der Waals surface area contributed by atoms with Crippen molar-refractivity contribution in [1.82, 2.24) is 48.9 Å². The fourth-order valence-electron chi connectivity index (χ4n) is 9.42. The number of morpholine rings is 2. The molecule has 4 saturated heterocycles. The van der Waals surface area contributed by atoms with E-state index >= 15 is 0 Å². The number of piperazine rings is 2. The van der Waals surface area contributed by atoms with E-state index in [1.54, 1.807) is 44.3 Å². The van der Waals surface area contributed by atoms with Gasteiger partial charge in [-0.2, -0.15) is 4.31 Å². The molecule has 0 aliphatic carbocycles. The van der Waals surface area contributed by atoms with Crippen molar-refractivity contribution >= 4 is 76.9 Å². The maximum absolute atomic E-state index is 12.1. The van der Waals surface area contributed by atoms with E-state index in [0.29, 0.717) is 70.8 Å². The fraction of sp³-hybridized carbons (Fsp3) is 0.500. The first-order valence-corrected chi connectivity index (χ1v) is 27.4. The van der Waals surface area contributed by atoms with Gasteiger partial charge in [0.2, 0.25) is 10.0 Å². The van der Waals surface area contributed by atoms with Gasteiger partial charge < -0.3 is 29.3 Å². The van der Waals surface area contributed by atoms with Gasteiger partial charge in [0.1, 0.15) is 11.9 Å². The number of sulfonamides is 1. The summed E-state index contributed by atoms with van der Waals surface area (Å²) in [5.74, 6) is 3.81. The second kappa shape index (κ2) is 20.9. The second-order valence-corrected chi connectivity index (χ2v) is 22.5. The summed E-state index contributed by atoms with van der Waals surface area (Å²) in [4.78, 5) is 58.8. The van der Waals surface area contributed by atoms with Crippen molar-refractivity contribution in [3.63, 3.8) is 0 Å². The SMILES string of the molecule is CS(=O)(=O)N1CCN(Cc2cc3nc(-c4cccc5c4C=NC5)nc(N4CCOCC4)c3s2)CC1.Cc1ncc(-c2nc(N3CCOCC3)c3sc(CN4CCN(C(=O)[C@H](C)O)CC4)c(C)c3n2)cn1. The summed E-state index contributed by atoms with van der Waals surface area (Å²) in [6.07, 6.45) is 5.83. The van der Waals surface area contributed by atoms with Gasteiger partial charge in [-0.1, -0.05) is 18.2 Å². The topological polar surface area (TPSA) is 199 Å². The van der Waals surface area contributed by atoms with Crippen LogP contribution in [0.15, 0.2) is 41.7 Å². The second-order valence-electron chi connectivity index (χ2n) is 18.3. The van der Waals surface area contributed by atoms with E-state index in [9.17, 15) is 18.3 Å². The van der Waals surface area contributed by atoms with E-state index < -0.39 is 16.1 Å². The van der Waals surface area contributed by atoms with Crippen molar-refractivity contribution in [3.8, 4) is 22.8 Å². The van der Waals surface area contributed by atoms with Crippen LogP contribution in [-0.2, 0) is 43.9 Å². The van der Waals surface area contributed by atoms with Crippen LogP contribution in [0, 0.1) is 13.8 Å². The number of amides is 1. The number of anilines is 2. The fourth-order valence-corrected chi connectivity index (χ4v) is 12.7. The minimum atomic E-state index is -3.13. The number of aliphatic imine (C=N–C) groups is 1. The number of carbonyl (C=O) groups excluding carboxylic acids is 1. The van der Waals surface area contributed by atoms with E-state index in [1.165, 1.54) is 34.1 Å². The highest BCUT2D eigenvalue weighted by Crippen LogP contribution is 2.39. The molecule has 1 amide bonds. The molecule has 11 rings (SSSR count). The summed E-state index contributed by atoms with van der Waals surface area (Å²) >= 11 is 3.49. The van der Waals surface area contributed by atoms with Gasteiger partial charge >= 0.3 is 0 Å². The lowest BCUT2D eigenvalue weighted by molar-refractivity contribution is -0.141. The molecule has 4 fully saturated rings. The Morgan fingerprint density at radius 3 is 2.06 bits per heavy atom. The number of thiophene rings is 2. The average Bonchev–Trinajstić information content (AvgIpc) is 4.11. The van der Waals surface area contributed by atoms with E-state index in [0.717, 1.165) is 120 Å². The van der Waals surface area contributed by atoms with Crippen LogP contribution in [0.1, 0.15) is 39.2 Å². The number of benzene rings is 1. The van der Waals surface area contributed by atoms with Crippen LogP contribution in [0.25, 0.3) is 43.2 Å². The zero-order valence-corrected chi connectivity index (χ0v) is 42.5. The minimum absolute atomic E-state index is 0.194. The summed E-state index contributed by atoms with van der Waals surface area (Å²) in [5, 5.41) is 9.61. The monoisotopic (exact) mass is 1010 g/mol. The van der Waals surface area contributed by atoms with Crippen LogP contribution in [0.2, 0.25) is 0 Å². The molecule has 10 heterocycles. The van der Waals surface area contributed by atoms with Crippen LogP contribution in [0.4, 0.5) is 11.6 Å². The Balaban J connectivity index is 0.000000162. The lowest BCUT2D eigenvalue weighted by Crippen LogP contribution is -2.50.